The van der Waals surface area contributed by atoms with E-state index in [2.05, 4.69) is 4.98 Å². The minimum atomic E-state index is -0.913. The summed E-state index contributed by atoms with van der Waals surface area (Å²) in [6.45, 7) is 0.590. The molecule has 0 spiro atoms. The van der Waals surface area contributed by atoms with Crippen molar-refractivity contribution in [2.75, 3.05) is 6.54 Å². The molecule has 0 bridgehead atoms. The van der Waals surface area contributed by atoms with Crippen LogP contribution >= 0.6 is 0 Å². The summed E-state index contributed by atoms with van der Waals surface area (Å²) in [5, 5.41) is 10.5. The van der Waals surface area contributed by atoms with Gasteiger partial charge >= 0.3 is 5.97 Å². The number of amides is 1. The van der Waals surface area contributed by atoms with Gasteiger partial charge in [0.1, 0.15) is 0 Å². The number of benzene rings is 2. The summed E-state index contributed by atoms with van der Waals surface area (Å²) in [4.78, 5) is 30.3. The maximum Gasteiger partial charge on any atom is 0.312 e. The van der Waals surface area contributed by atoms with Gasteiger partial charge in [0.25, 0.3) is 0 Å². The molecule has 1 aliphatic heterocycles. The quantitative estimate of drug-likeness (QED) is 0.728. The normalized spacial score (nSPS) is 16.4. The number of pyridine rings is 1. The lowest BCUT2D eigenvalue weighted by molar-refractivity contribution is -0.140. The van der Waals surface area contributed by atoms with Gasteiger partial charge in [-0.1, -0.05) is 42.5 Å². The lowest BCUT2D eigenvalue weighted by atomic mass is 9.90. The van der Waals surface area contributed by atoms with Crippen LogP contribution in [0.2, 0.25) is 0 Å². The van der Waals surface area contributed by atoms with Crippen LogP contribution < -0.4 is 0 Å². The Morgan fingerprint density at radius 2 is 1.85 bits per heavy atom. The summed E-state index contributed by atoms with van der Waals surface area (Å²) in [5.74, 6) is -1.81. The number of carboxylic acids is 1. The van der Waals surface area contributed by atoms with Gasteiger partial charge in [0.2, 0.25) is 5.91 Å². The van der Waals surface area contributed by atoms with E-state index < -0.39 is 11.9 Å². The Morgan fingerprint density at radius 1 is 1.07 bits per heavy atom. The Balaban J connectivity index is 1.60. The minimum absolute atomic E-state index is 0.173. The third-order valence-electron chi connectivity index (χ3n) is 4.89. The van der Waals surface area contributed by atoms with E-state index in [1.165, 1.54) is 6.08 Å². The first-order chi connectivity index (χ1) is 13.1. The van der Waals surface area contributed by atoms with Gasteiger partial charge in [-0.15, -0.1) is 0 Å². The number of rotatable bonds is 3. The van der Waals surface area contributed by atoms with E-state index in [1.807, 2.05) is 54.6 Å². The average Bonchev–Trinajstić information content (AvgIpc) is 2.71. The molecule has 5 nitrogen and oxygen atoms in total. The standard InChI is InChI=1S/C22H18N2O3/c25-21(10-9-15-11-12-23-20-8-4-3-7-18(15)20)24-13-16-5-1-2-6-17(16)19(14-24)22(26)27/h1-12,19H,13-14H2,(H,26,27)/b10-9+. The molecule has 0 saturated heterocycles. The Morgan fingerprint density at radius 3 is 2.70 bits per heavy atom. The van der Waals surface area contributed by atoms with Crippen molar-refractivity contribution in [2.24, 2.45) is 0 Å². The molecule has 3 aromatic rings. The zero-order chi connectivity index (χ0) is 18.8. The topological polar surface area (TPSA) is 70.5 Å². The van der Waals surface area contributed by atoms with Crippen LogP contribution in [-0.4, -0.2) is 33.4 Å². The van der Waals surface area contributed by atoms with Crippen molar-refractivity contribution in [3.8, 4) is 0 Å². The third kappa shape index (κ3) is 3.31. The molecule has 0 fully saturated rings. The summed E-state index contributed by atoms with van der Waals surface area (Å²) in [7, 11) is 0. The van der Waals surface area contributed by atoms with Crippen molar-refractivity contribution in [3.63, 3.8) is 0 Å². The Labute approximate surface area is 156 Å². The lowest BCUT2D eigenvalue weighted by Gasteiger charge is -2.32. The minimum Gasteiger partial charge on any atom is -0.481 e. The summed E-state index contributed by atoms with van der Waals surface area (Å²) >= 11 is 0. The van der Waals surface area contributed by atoms with Crippen LogP contribution in [0.3, 0.4) is 0 Å². The van der Waals surface area contributed by atoms with E-state index in [0.717, 1.165) is 27.6 Å². The molecular weight excluding hydrogens is 340 g/mol. The van der Waals surface area contributed by atoms with Crippen molar-refractivity contribution < 1.29 is 14.7 Å². The van der Waals surface area contributed by atoms with Crippen LogP contribution in [-0.2, 0) is 16.1 Å². The number of hydrogen-bond acceptors (Lipinski definition) is 3. The molecule has 1 atom stereocenters. The van der Waals surface area contributed by atoms with Gasteiger partial charge in [0.15, 0.2) is 0 Å². The summed E-state index contributed by atoms with van der Waals surface area (Å²) in [6, 6.07) is 17.0. The molecule has 1 aliphatic rings. The molecule has 2 aromatic carbocycles. The highest BCUT2D eigenvalue weighted by Gasteiger charge is 2.31. The highest BCUT2D eigenvalue weighted by atomic mass is 16.4. The molecular formula is C22H18N2O3. The van der Waals surface area contributed by atoms with E-state index in [-0.39, 0.29) is 12.5 Å². The van der Waals surface area contributed by atoms with Crippen molar-refractivity contribution in [2.45, 2.75) is 12.5 Å². The maximum atomic E-state index is 12.7. The molecule has 0 radical (unpaired) electrons. The molecule has 4 rings (SSSR count). The van der Waals surface area contributed by atoms with E-state index in [9.17, 15) is 14.7 Å². The fourth-order valence-corrected chi connectivity index (χ4v) is 3.52. The molecule has 1 N–H and O–H groups in total. The first-order valence-electron chi connectivity index (χ1n) is 8.75. The Kier molecular flexibility index (Phi) is 4.42. The number of carbonyl (C=O) groups excluding carboxylic acids is 1. The monoisotopic (exact) mass is 358 g/mol. The molecule has 2 heterocycles. The van der Waals surface area contributed by atoms with Crippen LogP contribution in [0.4, 0.5) is 0 Å². The second kappa shape index (κ2) is 7.03. The first-order valence-corrected chi connectivity index (χ1v) is 8.75. The molecule has 0 saturated carbocycles. The third-order valence-corrected chi connectivity index (χ3v) is 4.89. The van der Waals surface area contributed by atoms with Gasteiger partial charge in [-0.3, -0.25) is 14.6 Å². The zero-order valence-corrected chi connectivity index (χ0v) is 14.6. The van der Waals surface area contributed by atoms with Crippen LogP contribution in [0.1, 0.15) is 22.6 Å². The predicted molar refractivity (Wildman–Crippen MR) is 103 cm³/mol. The Bertz CT molecular complexity index is 1050. The van der Waals surface area contributed by atoms with Crippen molar-refractivity contribution in [3.05, 3.63) is 83.6 Å². The highest BCUT2D eigenvalue weighted by molar-refractivity contribution is 5.96. The fraction of sp³-hybridized carbons (Fsp3) is 0.136. The van der Waals surface area contributed by atoms with E-state index >= 15 is 0 Å². The molecule has 1 aromatic heterocycles. The summed E-state index contributed by atoms with van der Waals surface area (Å²) < 4.78 is 0. The summed E-state index contributed by atoms with van der Waals surface area (Å²) in [6.07, 6.45) is 4.99. The van der Waals surface area contributed by atoms with Crippen LogP contribution in [0.5, 0.6) is 0 Å². The number of carboxylic acid groups (broad SMARTS) is 1. The number of hydrogen-bond donors (Lipinski definition) is 1. The van der Waals surface area contributed by atoms with Crippen molar-refractivity contribution in [1.29, 1.82) is 0 Å². The predicted octanol–water partition coefficient (Wildman–Crippen LogP) is 3.46. The largest absolute Gasteiger partial charge is 0.481 e. The maximum absolute atomic E-state index is 12.7. The van der Waals surface area contributed by atoms with Crippen molar-refractivity contribution >= 4 is 28.9 Å². The number of aliphatic carboxylic acids is 1. The summed E-state index contributed by atoms with van der Waals surface area (Å²) in [5.41, 5.74) is 3.44. The van der Waals surface area contributed by atoms with Crippen LogP contribution in [0, 0.1) is 0 Å². The SMILES string of the molecule is O=C(O)C1CN(C(=O)/C=C/c2ccnc3ccccc23)Cc2ccccc21. The molecule has 1 unspecified atom stereocenters. The number of fused-ring (bicyclic) bond motifs is 2. The van der Waals surface area contributed by atoms with E-state index in [0.29, 0.717) is 6.54 Å². The number of para-hydroxylation sites is 1. The van der Waals surface area contributed by atoms with Crippen LogP contribution in [0.15, 0.2) is 66.9 Å². The van der Waals surface area contributed by atoms with Crippen molar-refractivity contribution in [1.82, 2.24) is 9.88 Å². The van der Waals surface area contributed by atoms with Gasteiger partial charge in [-0.05, 0) is 34.9 Å². The highest BCUT2D eigenvalue weighted by Crippen LogP contribution is 2.28. The van der Waals surface area contributed by atoms with E-state index in [1.54, 1.807) is 17.2 Å². The van der Waals surface area contributed by atoms with Crippen LogP contribution in [0.25, 0.3) is 17.0 Å². The number of aromatic nitrogens is 1. The molecule has 0 aliphatic carbocycles. The molecule has 27 heavy (non-hydrogen) atoms. The second-order valence-corrected chi connectivity index (χ2v) is 6.56. The Hall–Kier alpha value is -3.47. The van der Waals surface area contributed by atoms with E-state index in [4.69, 9.17) is 0 Å². The fourth-order valence-electron chi connectivity index (χ4n) is 3.52. The zero-order valence-electron chi connectivity index (χ0n) is 14.6. The van der Waals surface area contributed by atoms with Gasteiger partial charge in [-0.25, -0.2) is 0 Å². The molecule has 5 heteroatoms. The van der Waals surface area contributed by atoms with Gasteiger partial charge in [0.05, 0.1) is 11.4 Å². The first kappa shape index (κ1) is 17.0. The second-order valence-electron chi connectivity index (χ2n) is 6.56. The lowest BCUT2D eigenvalue weighted by Crippen LogP contribution is -2.39. The molecule has 134 valence electrons. The average molecular weight is 358 g/mol. The number of carbonyl (C=O) groups is 2. The van der Waals surface area contributed by atoms with Gasteiger partial charge in [0, 0.05) is 30.7 Å². The van der Waals surface area contributed by atoms with Gasteiger partial charge < -0.3 is 10.0 Å². The van der Waals surface area contributed by atoms with Gasteiger partial charge in [-0.2, -0.15) is 0 Å². The number of nitrogens with zero attached hydrogens (tertiary/aromatic N) is 2. The smallest absolute Gasteiger partial charge is 0.312 e. The molecule has 1 amide bonds.